The largest absolute Gasteiger partial charge is 0.352 e. The van der Waals surface area contributed by atoms with E-state index in [0.717, 1.165) is 13.1 Å². The van der Waals surface area contributed by atoms with E-state index in [-0.39, 0.29) is 0 Å². The highest BCUT2D eigenvalue weighted by molar-refractivity contribution is 8.13. The Labute approximate surface area is 77.2 Å². The molecule has 1 rings (SSSR count). The maximum Gasteiger partial charge on any atom is 0.157 e. The van der Waals surface area contributed by atoms with Gasteiger partial charge in [0, 0.05) is 13.1 Å². The minimum absolute atomic E-state index is 0.398. The Morgan fingerprint density at radius 3 is 2.67 bits per heavy atom. The Kier molecular flexibility index (Phi) is 3.95. The van der Waals surface area contributed by atoms with Crippen molar-refractivity contribution in [3.8, 4) is 6.07 Å². The molecule has 1 heterocycles. The highest BCUT2D eigenvalue weighted by atomic mass is 32.2. The zero-order valence-corrected chi connectivity index (χ0v) is 7.86. The maximum atomic E-state index is 8.33. The molecule has 0 amide bonds. The van der Waals surface area contributed by atoms with Crippen molar-refractivity contribution in [1.82, 2.24) is 4.90 Å². The standard InChI is InChI=1S/C8H13N3S/c9-4-7-12-8(10)11-5-2-1-3-6-11/h10H,1-3,5-7H2. The number of hydrogen-bond donors (Lipinski definition) is 1. The number of nitriles is 1. The minimum atomic E-state index is 0.398. The van der Waals surface area contributed by atoms with Gasteiger partial charge < -0.3 is 4.90 Å². The van der Waals surface area contributed by atoms with Crippen molar-refractivity contribution in [2.75, 3.05) is 18.8 Å². The molecule has 66 valence electrons. The summed E-state index contributed by atoms with van der Waals surface area (Å²) in [7, 11) is 0. The number of nitrogens with zero attached hydrogens (tertiary/aromatic N) is 2. The van der Waals surface area contributed by atoms with E-state index in [2.05, 4.69) is 4.90 Å². The van der Waals surface area contributed by atoms with Crippen LogP contribution in [-0.2, 0) is 0 Å². The molecule has 0 bridgehead atoms. The quantitative estimate of drug-likeness (QED) is 0.497. The fraction of sp³-hybridized carbons (Fsp3) is 0.750. The molecule has 1 aliphatic heterocycles. The van der Waals surface area contributed by atoms with Crippen molar-refractivity contribution in [2.24, 2.45) is 0 Å². The second kappa shape index (κ2) is 5.04. The first-order valence-corrected chi connectivity index (χ1v) is 5.16. The summed E-state index contributed by atoms with van der Waals surface area (Å²) in [5.74, 6) is 0.398. The molecule has 0 atom stereocenters. The van der Waals surface area contributed by atoms with Crippen LogP contribution in [-0.4, -0.2) is 28.9 Å². The first-order chi connectivity index (χ1) is 5.84. The Hall–Kier alpha value is -0.690. The van der Waals surface area contributed by atoms with Gasteiger partial charge in [-0.15, -0.1) is 0 Å². The molecule has 0 spiro atoms. The Balaban J connectivity index is 2.26. The third kappa shape index (κ3) is 2.74. The summed E-state index contributed by atoms with van der Waals surface area (Å²) in [6.07, 6.45) is 3.66. The lowest BCUT2D eigenvalue weighted by Gasteiger charge is -2.27. The van der Waals surface area contributed by atoms with Gasteiger partial charge in [0.05, 0.1) is 11.8 Å². The smallest absolute Gasteiger partial charge is 0.157 e. The number of thioether (sulfide) groups is 1. The molecule has 0 aromatic carbocycles. The Morgan fingerprint density at radius 2 is 2.08 bits per heavy atom. The monoisotopic (exact) mass is 183 g/mol. The molecule has 0 unspecified atom stereocenters. The first-order valence-electron chi connectivity index (χ1n) is 4.18. The number of likely N-dealkylation sites (tertiary alicyclic amines) is 1. The molecule has 0 aliphatic carbocycles. The topological polar surface area (TPSA) is 50.9 Å². The van der Waals surface area contributed by atoms with E-state index in [1.807, 2.05) is 6.07 Å². The van der Waals surface area contributed by atoms with Crippen LogP contribution in [0.1, 0.15) is 19.3 Å². The Morgan fingerprint density at radius 1 is 1.42 bits per heavy atom. The van der Waals surface area contributed by atoms with Crippen molar-refractivity contribution in [3.05, 3.63) is 0 Å². The van der Waals surface area contributed by atoms with Crippen molar-refractivity contribution in [1.29, 1.82) is 10.7 Å². The van der Waals surface area contributed by atoms with Gasteiger partial charge in [-0.05, 0) is 19.3 Å². The van der Waals surface area contributed by atoms with Gasteiger partial charge in [0.1, 0.15) is 0 Å². The summed E-state index contributed by atoms with van der Waals surface area (Å²) in [6.45, 7) is 1.99. The van der Waals surface area contributed by atoms with Gasteiger partial charge in [0.25, 0.3) is 0 Å². The van der Waals surface area contributed by atoms with E-state index in [0.29, 0.717) is 10.9 Å². The number of piperidine rings is 1. The second-order valence-electron chi connectivity index (χ2n) is 2.80. The summed E-state index contributed by atoms with van der Waals surface area (Å²) < 4.78 is 0. The van der Waals surface area contributed by atoms with Crippen LogP contribution in [0.3, 0.4) is 0 Å². The van der Waals surface area contributed by atoms with Gasteiger partial charge in [-0.3, -0.25) is 5.41 Å². The number of nitrogens with one attached hydrogen (secondary N) is 1. The van der Waals surface area contributed by atoms with Crippen LogP contribution in [0.4, 0.5) is 0 Å². The summed E-state index contributed by atoms with van der Waals surface area (Å²) in [6, 6.07) is 2.03. The molecule has 1 fully saturated rings. The molecule has 4 heteroatoms. The van der Waals surface area contributed by atoms with Crippen molar-refractivity contribution in [3.63, 3.8) is 0 Å². The fourth-order valence-corrected chi connectivity index (χ4v) is 1.86. The van der Waals surface area contributed by atoms with E-state index < -0.39 is 0 Å². The summed E-state index contributed by atoms with van der Waals surface area (Å²) in [5.41, 5.74) is 0. The van der Waals surface area contributed by atoms with E-state index >= 15 is 0 Å². The number of hydrogen-bond acceptors (Lipinski definition) is 3. The SMILES string of the molecule is N#CCSC(=N)N1CCCCC1. The maximum absolute atomic E-state index is 8.33. The first kappa shape index (κ1) is 9.40. The molecule has 1 N–H and O–H groups in total. The average Bonchev–Trinajstić information content (AvgIpc) is 2.15. The molecule has 12 heavy (non-hydrogen) atoms. The fourth-order valence-electron chi connectivity index (χ4n) is 1.29. The van der Waals surface area contributed by atoms with E-state index in [1.165, 1.54) is 31.0 Å². The molecule has 1 saturated heterocycles. The number of amidine groups is 1. The van der Waals surface area contributed by atoms with Crippen molar-refractivity contribution < 1.29 is 0 Å². The Bertz CT molecular complexity index is 191. The van der Waals surface area contributed by atoms with E-state index in [9.17, 15) is 0 Å². The van der Waals surface area contributed by atoms with Gasteiger partial charge in [0.2, 0.25) is 0 Å². The summed E-state index contributed by atoms with van der Waals surface area (Å²) >= 11 is 1.33. The van der Waals surface area contributed by atoms with Gasteiger partial charge in [-0.1, -0.05) is 11.8 Å². The van der Waals surface area contributed by atoms with Crippen LogP contribution < -0.4 is 0 Å². The van der Waals surface area contributed by atoms with Crippen LogP contribution >= 0.6 is 11.8 Å². The van der Waals surface area contributed by atoms with Gasteiger partial charge in [0.15, 0.2) is 5.17 Å². The lowest BCUT2D eigenvalue weighted by molar-refractivity contribution is 0.346. The molecule has 0 saturated carbocycles. The molecule has 0 aromatic heterocycles. The summed E-state index contributed by atoms with van der Waals surface area (Å²) in [4.78, 5) is 2.06. The molecular formula is C8H13N3S. The van der Waals surface area contributed by atoms with Crippen LogP contribution in [0.15, 0.2) is 0 Å². The van der Waals surface area contributed by atoms with Crippen molar-refractivity contribution in [2.45, 2.75) is 19.3 Å². The minimum Gasteiger partial charge on any atom is -0.352 e. The summed E-state index contributed by atoms with van der Waals surface area (Å²) in [5, 5.41) is 16.5. The highest BCUT2D eigenvalue weighted by Gasteiger charge is 2.12. The third-order valence-corrected chi connectivity index (χ3v) is 2.72. The molecule has 3 nitrogen and oxygen atoms in total. The van der Waals surface area contributed by atoms with Crippen LogP contribution in [0.25, 0.3) is 0 Å². The van der Waals surface area contributed by atoms with Crippen molar-refractivity contribution >= 4 is 16.9 Å². The van der Waals surface area contributed by atoms with Gasteiger partial charge in [-0.2, -0.15) is 5.26 Å². The third-order valence-electron chi connectivity index (χ3n) is 1.92. The second-order valence-corrected chi connectivity index (χ2v) is 3.76. The van der Waals surface area contributed by atoms with Gasteiger partial charge >= 0.3 is 0 Å². The molecule has 0 aromatic rings. The molecular weight excluding hydrogens is 170 g/mol. The normalized spacial score (nSPS) is 17.1. The average molecular weight is 183 g/mol. The zero-order valence-electron chi connectivity index (χ0n) is 7.05. The zero-order chi connectivity index (χ0) is 8.81. The van der Waals surface area contributed by atoms with Crippen LogP contribution in [0.5, 0.6) is 0 Å². The van der Waals surface area contributed by atoms with E-state index in [1.54, 1.807) is 0 Å². The molecule has 1 aliphatic rings. The van der Waals surface area contributed by atoms with Crippen LogP contribution in [0, 0.1) is 16.7 Å². The molecule has 0 radical (unpaired) electrons. The van der Waals surface area contributed by atoms with Gasteiger partial charge in [-0.25, -0.2) is 0 Å². The number of rotatable bonds is 1. The predicted octanol–water partition coefficient (Wildman–Crippen LogP) is 1.66. The lowest BCUT2D eigenvalue weighted by atomic mass is 10.1. The van der Waals surface area contributed by atoms with Crippen LogP contribution in [0.2, 0.25) is 0 Å². The highest BCUT2D eigenvalue weighted by Crippen LogP contribution is 2.14. The van der Waals surface area contributed by atoms with E-state index in [4.69, 9.17) is 10.7 Å². The lowest BCUT2D eigenvalue weighted by Crippen LogP contribution is -2.33. The predicted molar refractivity (Wildman–Crippen MR) is 51.2 cm³/mol.